The van der Waals surface area contributed by atoms with Crippen molar-refractivity contribution in [2.75, 3.05) is 0 Å². The van der Waals surface area contributed by atoms with E-state index in [2.05, 4.69) is 162 Å². The predicted molar refractivity (Wildman–Crippen MR) is 178 cm³/mol. The van der Waals surface area contributed by atoms with Crippen molar-refractivity contribution < 1.29 is 0 Å². The molecule has 0 saturated heterocycles. The van der Waals surface area contributed by atoms with Gasteiger partial charge in [-0.2, -0.15) is 0 Å². The molecule has 1 aliphatic heterocycles. The highest BCUT2D eigenvalue weighted by molar-refractivity contribution is 7.19. The third kappa shape index (κ3) is 3.89. The zero-order valence-corrected chi connectivity index (χ0v) is 24.3. The zero-order chi connectivity index (χ0) is 27.9. The van der Waals surface area contributed by atoms with E-state index < -0.39 is 8.07 Å². The molecule has 8 rings (SSSR count). The number of aryl methyl sites for hydroxylation is 2. The molecule has 0 bridgehead atoms. The van der Waals surface area contributed by atoms with E-state index >= 15 is 0 Å². The van der Waals surface area contributed by atoms with Crippen molar-refractivity contribution in [3.8, 4) is 16.8 Å². The van der Waals surface area contributed by atoms with Crippen molar-refractivity contribution >= 4 is 39.9 Å². The normalized spacial score (nSPS) is 12.6. The van der Waals surface area contributed by atoms with Crippen molar-refractivity contribution in [1.82, 2.24) is 9.55 Å². The van der Waals surface area contributed by atoms with Gasteiger partial charge in [0.1, 0.15) is 5.82 Å². The summed E-state index contributed by atoms with van der Waals surface area (Å²) in [5, 5.41) is 5.53. The highest BCUT2D eigenvalue weighted by atomic mass is 28.3. The fourth-order valence-electron chi connectivity index (χ4n) is 6.93. The summed E-state index contributed by atoms with van der Waals surface area (Å²) in [7, 11) is -2.59. The highest BCUT2D eigenvalue weighted by Crippen LogP contribution is 2.31. The molecule has 7 aromatic rings. The Morgan fingerprint density at radius 1 is 0.476 bits per heavy atom. The first-order chi connectivity index (χ1) is 20.8. The Hall–Kier alpha value is -4.99. The topological polar surface area (TPSA) is 17.8 Å². The lowest BCUT2D eigenvalue weighted by molar-refractivity contribution is 0.789. The molecule has 0 amide bonds. The summed E-state index contributed by atoms with van der Waals surface area (Å²) in [6.45, 7) is 0. The molecular formula is C39H30N2Si. The van der Waals surface area contributed by atoms with Gasteiger partial charge < -0.3 is 0 Å². The largest absolute Gasteiger partial charge is 0.296 e. The maximum atomic E-state index is 5.12. The van der Waals surface area contributed by atoms with E-state index in [0.29, 0.717) is 0 Å². The number of hydrogen-bond donors (Lipinski definition) is 0. The number of fused-ring (bicyclic) bond motifs is 5. The summed E-state index contributed by atoms with van der Waals surface area (Å²) in [5.41, 5.74) is 7.32. The number of para-hydroxylation sites is 1. The Morgan fingerprint density at radius 3 is 1.71 bits per heavy atom. The fourth-order valence-corrected chi connectivity index (χ4v) is 11.7. The van der Waals surface area contributed by atoms with Crippen LogP contribution in [0.4, 0.5) is 0 Å². The van der Waals surface area contributed by atoms with Gasteiger partial charge in [0, 0.05) is 6.42 Å². The minimum absolute atomic E-state index is 0.968. The number of hydrogen-bond acceptors (Lipinski definition) is 1. The van der Waals surface area contributed by atoms with E-state index in [-0.39, 0.29) is 0 Å². The molecule has 3 heteroatoms. The van der Waals surface area contributed by atoms with Crippen LogP contribution in [0.2, 0.25) is 0 Å². The summed E-state index contributed by atoms with van der Waals surface area (Å²) in [4.78, 5) is 5.12. The summed E-state index contributed by atoms with van der Waals surface area (Å²) in [5.74, 6) is 1.15. The van der Waals surface area contributed by atoms with E-state index in [4.69, 9.17) is 4.98 Å². The molecule has 200 valence electrons. The van der Waals surface area contributed by atoms with E-state index in [9.17, 15) is 0 Å². The smallest absolute Gasteiger partial charge is 0.179 e. The van der Waals surface area contributed by atoms with E-state index in [1.165, 1.54) is 48.6 Å². The van der Waals surface area contributed by atoms with Crippen LogP contribution in [0, 0.1) is 0 Å². The van der Waals surface area contributed by atoms with Crippen LogP contribution in [-0.4, -0.2) is 17.6 Å². The molecule has 1 aromatic heterocycles. The standard InChI is InChI=1S/C39H30N2Si/c1-4-15-32(16-5-1)42(33-17-6-2-7-18-33,34-19-8-3-9-20-34)35-21-12-14-30(27-35)31-23-25-38-36(28-31)40-39-26-24-29-13-10-11-22-37(29)41(38)39/h1-23,25,27-28H,24,26H2. The molecule has 2 nitrogen and oxygen atoms in total. The summed E-state index contributed by atoms with van der Waals surface area (Å²) in [6, 6.07) is 58.1. The monoisotopic (exact) mass is 554 g/mol. The zero-order valence-electron chi connectivity index (χ0n) is 23.3. The lowest BCUT2D eigenvalue weighted by Crippen LogP contribution is -2.74. The first-order valence-corrected chi connectivity index (χ1v) is 16.7. The Labute approximate surface area is 247 Å². The third-order valence-electron chi connectivity index (χ3n) is 8.82. The van der Waals surface area contributed by atoms with Gasteiger partial charge in [0.05, 0.1) is 16.7 Å². The van der Waals surface area contributed by atoms with Gasteiger partial charge >= 0.3 is 0 Å². The van der Waals surface area contributed by atoms with Gasteiger partial charge in [0.2, 0.25) is 0 Å². The van der Waals surface area contributed by atoms with E-state index in [1.807, 2.05) is 0 Å². The summed E-state index contributed by atoms with van der Waals surface area (Å²) in [6.07, 6.45) is 2.01. The van der Waals surface area contributed by atoms with Crippen LogP contribution in [-0.2, 0) is 12.8 Å². The van der Waals surface area contributed by atoms with Gasteiger partial charge in [-0.25, -0.2) is 4.98 Å². The quantitative estimate of drug-likeness (QED) is 0.184. The van der Waals surface area contributed by atoms with Crippen LogP contribution < -0.4 is 20.7 Å². The van der Waals surface area contributed by atoms with Crippen molar-refractivity contribution in [1.29, 1.82) is 0 Å². The van der Waals surface area contributed by atoms with Gasteiger partial charge in [0.15, 0.2) is 8.07 Å². The number of rotatable bonds is 5. The lowest BCUT2D eigenvalue weighted by Gasteiger charge is -2.34. The predicted octanol–water partition coefficient (Wildman–Crippen LogP) is 6.17. The number of imidazole rings is 1. The molecular weight excluding hydrogens is 525 g/mol. The Morgan fingerprint density at radius 2 is 1.05 bits per heavy atom. The molecule has 0 unspecified atom stereocenters. The Balaban J connectivity index is 1.32. The average Bonchev–Trinajstić information content (AvgIpc) is 3.45. The first kappa shape index (κ1) is 24.8. The van der Waals surface area contributed by atoms with Crippen molar-refractivity contribution in [2.45, 2.75) is 12.8 Å². The molecule has 0 radical (unpaired) electrons. The Bertz CT molecular complexity index is 1930. The minimum Gasteiger partial charge on any atom is -0.296 e. The molecule has 0 saturated carbocycles. The molecule has 6 aromatic carbocycles. The van der Waals surface area contributed by atoms with Crippen LogP contribution in [0.15, 0.2) is 158 Å². The maximum Gasteiger partial charge on any atom is 0.179 e. The molecule has 1 aliphatic rings. The summed E-state index contributed by atoms with van der Waals surface area (Å²) >= 11 is 0. The molecule has 0 spiro atoms. The first-order valence-electron chi connectivity index (χ1n) is 14.7. The van der Waals surface area contributed by atoms with Crippen molar-refractivity contribution in [2.24, 2.45) is 0 Å². The van der Waals surface area contributed by atoms with Gasteiger partial charge in [-0.1, -0.05) is 140 Å². The number of nitrogens with zero attached hydrogens (tertiary/aromatic N) is 2. The van der Waals surface area contributed by atoms with Crippen LogP contribution in [0.5, 0.6) is 0 Å². The van der Waals surface area contributed by atoms with E-state index in [0.717, 1.165) is 24.2 Å². The molecule has 0 atom stereocenters. The second-order valence-electron chi connectivity index (χ2n) is 11.1. The van der Waals surface area contributed by atoms with Gasteiger partial charge in [-0.05, 0) is 62.1 Å². The molecule has 0 aliphatic carbocycles. The average molecular weight is 555 g/mol. The van der Waals surface area contributed by atoms with Gasteiger partial charge in [0.25, 0.3) is 0 Å². The highest BCUT2D eigenvalue weighted by Gasteiger charge is 2.41. The molecule has 2 heterocycles. The van der Waals surface area contributed by atoms with Crippen LogP contribution in [0.3, 0.4) is 0 Å². The summed E-state index contributed by atoms with van der Waals surface area (Å²) < 4.78 is 2.35. The molecule has 0 fully saturated rings. The second-order valence-corrected chi connectivity index (χ2v) is 14.9. The fraction of sp³-hybridized carbons (Fsp3) is 0.0513. The van der Waals surface area contributed by atoms with Gasteiger partial charge in [-0.15, -0.1) is 0 Å². The SMILES string of the molecule is c1ccc([Si](c2ccccc2)(c2ccccc2)c2cccc(-c3ccc4c(c3)nc3n4-c4ccccc4CC3)c2)cc1. The molecule has 42 heavy (non-hydrogen) atoms. The van der Waals surface area contributed by atoms with Crippen LogP contribution >= 0.6 is 0 Å². The Kier molecular flexibility index (Phi) is 5.97. The number of benzene rings is 6. The van der Waals surface area contributed by atoms with Crippen molar-refractivity contribution in [3.05, 3.63) is 169 Å². The third-order valence-corrected chi connectivity index (χ3v) is 13.6. The van der Waals surface area contributed by atoms with E-state index in [1.54, 1.807) is 0 Å². The van der Waals surface area contributed by atoms with Crippen LogP contribution in [0.1, 0.15) is 11.4 Å². The maximum absolute atomic E-state index is 5.12. The molecule has 0 N–H and O–H groups in total. The number of aromatic nitrogens is 2. The minimum atomic E-state index is -2.59. The second kappa shape index (κ2) is 10.1. The van der Waals surface area contributed by atoms with Crippen LogP contribution in [0.25, 0.3) is 27.8 Å². The lowest BCUT2D eigenvalue weighted by atomic mass is 10.0. The van der Waals surface area contributed by atoms with Gasteiger partial charge in [-0.3, -0.25) is 4.57 Å². The van der Waals surface area contributed by atoms with Crippen molar-refractivity contribution in [3.63, 3.8) is 0 Å².